The summed E-state index contributed by atoms with van der Waals surface area (Å²) in [5, 5.41) is 10.2. The molecule has 2 heterocycles. The number of aryl methyl sites for hydroxylation is 1. The van der Waals surface area contributed by atoms with Crippen LogP contribution in [0.25, 0.3) is 5.82 Å². The van der Waals surface area contributed by atoms with E-state index in [1.54, 1.807) is 47.3 Å². The lowest BCUT2D eigenvalue weighted by molar-refractivity contribution is -0.115. The van der Waals surface area contributed by atoms with Crippen molar-refractivity contribution in [3.05, 3.63) is 90.3 Å². The highest BCUT2D eigenvalue weighted by Crippen LogP contribution is 2.19. The van der Waals surface area contributed by atoms with Gasteiger partial charge in [0.15, 0.2) is 5.82 Å². The first-order chi connectivity index (χ1) is 14.6. The molecular weight excluding hydrogens is 383 g/mol. The standard InChI is InChI=1S/C22H19FN6O/c1-15-25-20(14-21(26-15)29-12-4-11-24-29)27-17-7-9-18(10-8-17)28-22(30)13-16-5-2-3-6-19(16)23/h2-12,14H,13H2,1H3,(H,28,30)(H,25,26,27). The van der Waals surface area contributed by atoms with E-state index in [0.29, 0.717) is 28.7 Å². The molecule has 2 aromatic heterocycles. The smallest absolute Gasteiger partial charge is 0.228 e. The van der Waals surface area contributed by atoms with E-state index in [4.69, 9.17) is 0 Å². The minimum Gasteiger partial charge on any atom is -0.340 e. The Kier molecular flexibility index (Phi) is 5.47. The highest BCUT2D eigenvalue weighted by Gasteiger charge is 2.09. The molecule has 0 aliphatic carbocycles. The Morgan fingerprint density at radius 2 is 1.80 bits per heavy atom. The molecule has 30 heavy (non-hydrogen) atoms. The number of hydrogen-bond donors (Lipinski definition) is 2. The maximum atomic E-state index is 13.7. The van der Waals surface area contributed by atoms with Crippen molar-refractivity contribution >= 4 is 23.1 Å². The molecule has 4 rings (SSSR count). The van der Waals surface area contributed by atoms with Gasteiger partial charge in [0.1, 0.15) is 17.5 Å². The van der Waals surface area contributed by atoms with E-state index in [1.165, 1.54) is 6.07 Å². The molecule has 2 N–H and O–H groups in total. The summed E-state index contributed by atoms with van der Waals surface area (Å²) in [6, 6.07) is 17.0. The van der Waals surface area contributed by atoms with Gasteiger partial charge in [-0.25, -0.2) is 19.0 Å². The molecule has 0 saturated heterocycles. The maximum absolute atomic E-state index is 13.7. The Labute approximate surface area is 172 Å². The number of rotatable bonds is 6. The van der Waals surface area contributed by atoms with Crippen LogP contribution in [0.3, 0.4) is 0 Å². The van der Waals surface area contributed by atoms with Crippen molar-refractivity contribution in [1.82, 2.24) is 19.7 Å². The number of carbonyl (C=O) groups excluding carboxylic acids is 1. The zero-order chi connectivity index (χ0) is 20.9. The second kappa shape index (κ2) is 8.52. The van der Waals surface area contributed by atoms with E-state index in [0.717, 1.165) is 5.69 Å². The number of carbonyl (C=O) groups is 1. The second-order valence-electron chi connectivity index (χ2n) is 6.63. The topological polar surface area (TPSA) is 84.7 Å². The molecule has 0 aliphatic rings. The van der Waals surface area contributed by atoms with Gasteiger partial charge < -0.3 is 10.6 Å². The molecule has 0 unspecified atom stereocenters. The molecule has 7 nitrogen and oxygen atoms in total. The summed E-state index contributed by atoms with van der Waals surface area (Å²) in [6.45, 7) is 1.81. The Balaban J connectivity index is 1.42. The number of nitrogens with one attached hydrogen (secondary N) is 2. The van der Waals surface area contributed by atoms with E-state index in [9.17, 15) is 9.18 Å². The van der Waals surface area contributed by atoms with E-state index in [1.807, 2.05) is 31.3 Å². The summed E-state index contributed by atoms with van der Waals surface area (Å²) in [4.78, 5) is 21.0. The molecular formula is C22H19FN6O. The highest BCUT2D eigenvalue weighted by atomic mass is 19.1. The predicted octanol–water partition coefficient (Wildman–Crippen LogP) is 4.03. The van der Waals surface area contributed by atoms with Crippen LogP contribution < -0.4 is 10.6 Å². The molecule has 8 heteroatoms. The number of benzene rings is 2. The summed E-state index contributed by atoms with van der Waals surface area (Å²) in [5.74, 6) is 1.23. The Morgan fingerprint density at radius 3 is 2.53 bits per heavy atom. The summed E-state index contributed by atoms with van der Waals surface area (Å²) in [6.07, 6.45) is 3.47. The van der Waals surface area contributed by atoms with Gasteiger partial charge in [-0.05, 0) is 48.9 Å². The van der Waals surface area contributed by atoms with E-state index in [2.05, 4.69) is 25.7 Å². The first-order valence-electron chi connectivity index (χ1n) is 9.33. The molecule has 150 valence electrons. The first-order valence-corrected chi connectivity index (χ1v) is 9.33. The minimum absolute atomic E-state index is 0.0247. The van der Waals surface area contributed by atoms with Gasteiger partial charge in [-0.1, -0.05) is 18.2 Å². The molecule has 0 saturated carbocycles. The van der Waals surface area contributed by atoms with E-state index < -0.39 is 0 Å². The van der Waals surface area contributed by atoms with Crippen molar-refractivity contribution in [3.63, 3.8) is 0 Å². The molecule has 0 aliphatic heterocycles. The molecule has 0 fully saturated rings. The van der Waals surface area contributed by atoms with E-state index in [-0.39, 0.29) is 18.1 Å². The van der Waals surface area contributed by atoms with Crippen LogP contribution in [0.5, 0.6) is 0 Å². The monoisotopic (exact) mass is 402 g/mol. The quantitative estimate of drug-likeness (QED) is 0.509. The van der Waals surface area contributed by atoms with Gasteiger partial charge in [-0.2, -0.15) is 5.10 Å². The SMILES string of the molecule is Cc1nc(Nc2ccc(NC(=O)Cc3ccccc3F)cc2)cc(-n2cccn2)n1. The van der Waals surface area contributed by atoms with Gasteiger partial charge in [0, 0.05) is 29.8 Å². The lowest BCUT2D eigenvalue weighted by Crippen LogP contribution is -2.15. The molecule has 4 aromatic rings. The molecule has 0 radical (unpaired) electrons. The predicted molar refractivity (Wildman–Crippen MR) is 112 cm³/mol. The zero-order valence-electron chi connectivity index (χ0n) is 16.2. The van der Waals surface area contributed by atoms with Crippen molar-refractivity contribution in [2.45, 2.75) is 13.3 Å². The Bertz CT molecular complexity index is 1160. The second-order valence-corrected chi connectivity index (χ2v) is 6.63. The third-order valence-electron chi connectivity index (χ3n) is 4.31. The van der Waals surface area contributed by atoms with Crippen LogP contribution in [-0.2, 0) is 11.2 Å². The number of nitrogens with zero attached hydrogens (tertiary/aromatic N) is 4. The zero-order valence-corrected chi connectivity index (χ0v) is 16.2. The van der Waals surface area contributed by atoms with Crippen LogP contribution in [0.15, 0.2) is 73.1 Å². The van der Waals surface area contributed by atoms with Gasteiger partial charge in [0.25, 0.3) is 0 Å². The number of halogens is 1. The molecule has 2 aromatic carbocycles. The van der Waals surface area contributed by atoms with Gasteiger partial charge >= 0.3 is 0 Å². The maximum Gasteiger partial charge on any atom is 0.228 e. The largest absolute Gasteiger partial charge is 0.340 e. The first kappa shape index (κ1) is 19.3. The third-order valence-corrected chi connectivity index (χ3v) is 4.31. The summed E-state index contributed by atoms with van der Waals surface area (Å²) in [5.41, 5.74) is 1.78. The fourth-order valence-electron chi connectivity index (χ4n) is 2.94. The van der Waals surface area contributed by atoms with Crippen molar-refractivity contribution in [3.8, 4) is 5.82 Å². The number of hydrogen-bond acceptors (Lipinski definition) is 5. The van der Waals surface area contributed by atoms with Crippen molar-refractivity contribution in [2.24, 2.45) is 0 Å². The van der Waals surface area contributed by atoms with Gasteiger partial charge in [-0.15, -0.1) is 0 Å². The molecule has 0 atom stereocenters. The average Bonchev–Trinajstić information content (AvgIpc) is 3.26. The average molecular weight is 402 g/mol. The van der Waals surface area contributed by atoms with Crippen LogP contribution in [0, 0.1) is 12.7 Å². The lowest BCUT2D eigenvalue weighted by atomic mass is 10.1. The van der Waals surface area contributed by atoms with Crippen LogP contribution in [0.1, 0.15) is 11.4 Å². The fourth-order valence-corrected chi connectivity index (χ4v) is 2.94. The van der Waals surface area contributed by atoms with Gasteiger partial charge in [0.05, 0.1) is 6.42 Å². The van der Waals surface area contributed by atoms with Crippen LogP contribution in [0.4, 0.5) is 21.6 Å². The molecule has 1 amide bonds. The third kappa shape index (κ3) is 4.67. The van der Waals surface area contributed by atoms with Crippen molar-refractivity contribution < 1.29 is 9.18 Å². The summed E-state index contributed by atoms with van der Waals surface area (Å²) < 4.78 is 15.4. The van der Waals surface area contributed by atoms with Crippen LogP contribution in [-0.4, -0.2) is 25.7 Å². The van der Waals surface area contributed by atoms with E-state index >= 15 is 0 Å². The lowest BCUT2D eigenvalue weighted by Gasteiger charge is -2.10. The van der Waals surface area contributed by atoms with Gasteiger partial charge in [-0.3, -0.25) is 4.79 Å². The Hall–Kier alpha value is -4.07. The number of anilines is 3. The number of amides is 1. The summed E-state index contributed by atoms with van der Waals surface area (Å²) >= 11 is 0. The molecule has 0 bridgehead atoms. The highest BCUT2D eigenvalue weighted by molar-refractivity contribution is 5.92. The minimum atomic E-state index is -0.387. The number of aromatic nitrogens is 4. The van der Waals surface area contributed by atoms with Crippen molar-refractivity contribution in [1.29, 1.82) is 0 Å². The fraction of sp³-hybridized carbons (Fsp3) is 0.0909. The summed E-state index contributed by atoms with van der Waals surface area (Å²) in [7, 11) is 0. The van der Waals surface area contributed by atoms with Crippen molar-refractivity contribution in [2.75, 3.05) is 10.6 Å². The normalized spacial score (nSPS) is 10.6. The van der Waals surface area contributed by atoms with Crippen LogP contribution >= 0.6 is 0 Å². The molecule has 0 spiro atoms. The van der Waals surface area contributed by atoms with Gasteiger partial charge in [0.2, 0.25) is 5.91 Å². The van der Waals surface area contributed by atoms with Crippen LogP contribution in [0.2, 0.25) is 0 Å². The Morgan fingerprint density at radius 1 is 1.03 bits per heavy atom.